The van der Waals surface area contributed by atoms with E-state index in [-0.39, 0.29) is 12.7 Å². The molecule has 24 heavy (non-hydrogen) atoms. The Labute approximate surface area is 139 Å². The number of carbonyl (C=O) groups is 1. The molecule has 0 aliphatic carbocycles. The number of anilines is 1. The van der Waals surface area contributed by atoms with Gasteiger partial charge in [-0.2, -0.15) is 0 Å². The van der Waals surface area contributed by atoms with Gasteiger partial charge in [0, 0.05) is 31.2 Å². The smallest absolute Gasteiger partial charge is 0.260 e. The van der Waals surface area contributed by atoms with Crippen molar-refractivity contribution in [2.75, 3.05) is 18.7 Å². The number of ether oxygens (including phenoxy) is 2. The number of aromatic nitrogens is 1. The van der Waals surface area contributed by atoms with E-state index >= 15 is 0 Å². The van der Waals surface area contributed by atoms with Crippen molar-refractivity contribution in [2.24, 2.45) is 0 Å². The van der Waals surface area contributed by atoms with Crippen molar-refractivity contribution >= 4 is 11.6 Å². The van der Waals surface area contributed by atoms with Crippen molar-refractivity contribution < 1.29 is 14.3 Å². The second-order valence-electron chi connectivity index (χ2n) is 5.51. The van der Waals surface area contributed by atoms with Crippen LogP contribution >= 0.6 is 0 Å². The van der Waals surface area contributed by atoms with E-state index in [0.717, 1.165) is 11.4 Å². The molecular formula is C19H16N2O3. The van der Waals surface area contributed by atoms with E-state index in [9.17, 15) is 4.79 Å². The average molecular weight is 320 g/mol. The molecule has 0 saturated heterocycles. The lowest BCUT2D eigenvalue weighted by Gasteiger charge is -2.20. The maximum absolute atomic E-state index is 13.1. The monoisotopic (exact) mass is 320 g/mol. The fraction of sp³-hybridized carbons (Fsp3) is 0.105. The summed E-state index contributed by atoms with van der Waals surface area (Å²) < 4.78 is 12.8. The number of amides is 1. The molecule has 0 radical (unpaired) electrons. The van der Waals surface area contributed by atoms with Gasteiger partial charge in [-0.05, 0) is 30.3 Å². The first-order valence-electron chi connectivity index (χ1n) is 7.64. The topological polar surface area (TPSA) is 43.7 Å². The maximum Gasteiger partial charge on any atom is 0.260 e. The van der Waals surface area contributed by atoms with Crippen molar-refractivity contribution in [3.63, 3.8) is 0 Å². The zero-order valence-electron chi connectivity index (χ0n) is 13.2. The highest BCUT2D eigenvalue weighted by atomic mass is 16.7. The van der Waals surface area contributed by atoms with Crippen molar-refractivity contribution in [1.29, 1.82) is 0 Å². The number of hydrogen-bond donors (Lipinski definition) is 0. The zero-order valence-corrected chi connectivity index (χ0v) is 13.2. The SMILES string of the molecule is CN(C(=O)c1cc2c(cc1-n1cccc1)OCO2)c1ccccc1. The summed E-state index contributed by atoms with van der Waals surface area (Å²) in [6, 6.07) is 17.0. The minimum atomic E-state index is -0.108. The summed E-state index contributed by atoms with van der Waals surface area (Å²) in [6.07, 6.45) is 3.80. The van der Waals surface area contributed by atoms with Crippen LogP contribution in [0.3, 0.4) is 0 Å². The molecule has 5 nitrogen and oxygen atoms in total. The van der Waals surface area contributed by atoms with E-state index in [0.29, 0.717) is 17.1 Å². The Hall–Kier alpha value is -3.21. The highest BCUT2D eigenvalue weighted by Crippen LogP contribution is 2.37. The number of carbonyl (C=O) groups excluding carboxylic acids is 1. The molecule has 0 saturated carbocycles. The van der Waals surface area contributed by atoms with E-state index in [1.54, 1.807) is 18.0 Å². The van der Waals surface area contributed by atoms with Gasteiger partial charge in [0.1, 0.15) is 0 Å². The number of benzene rings is 2. The molecule has 4 rings (SSSR count). The van der Waals surface area contributed by atoms with Crippen molar-refractivity contribution in [1.82, 2.24) is 4.57 Å². The zero-order chi connectivity index (χ0) is 16.5. The number of rotatable bonds is 3. The van der Waals surface area contributed by atoms with E-state index in [4.69, 9.17) is 9.47 Å². The minimum Gasteiger partial charge on any atom is -0.454 e. The molecule has 0 spiro atoms. The lowest BCUT2D eigenvalue weighted by Crippen LogP contribution is -2.27. The molecule has 2 heterocycles. The van der Waals surface area contributed by atoms with Crippen molar-refractivity contribution in [3.8, 4) is 17.2 Å². The highest BCUT2D eigenvalue weighted by Gasteiger charge is 2.24. The standard InChI is InChI=1S/C19H16N2O3/c1-20(14-7-3-2-4-8-14)19(22)15-11-17-18(24-13-23-17)12-16(15)21-9-5-6-10-21/h2-12H,13H2,1H3. The number of nitrogens with zero attached hydrogens (tertiary/aromatic N) is 2. The molecule has 3 aromatic rings. The maximum atomic E-state index is 13.1. The average Bonchev–Trinajstić information content (AvgIpc) is 3.31. The fourth-order valence-electron chi connectivity index (χ4n) is 2.76. The third-order valence-corrected chi connectivity index (χ3v) is 4.05. The molecule has 1 aliphatic rings. The Balaban J connectivity index is 1.80. The summed E-state index contributed by atoms with van der Waals surface area (Å²) in [6.45, 7) is 0.173. The van der Waals surface area contributed by atoms with Crippen LogP contribution < -0.4 is 14.4 Å². The summed E-state index contributed by atoms with van der Waals surface area (Å²) in [5.41, 5.74) is 2.15. The van der Waals surface area contributed by atoms with Crippen LogP contribution in [0.5, 0.6) is 11.5 Å². The quantitative estimate of drug-likeness (QED) is 0.742. The van der Waals surface area contributed by atoms with Crippen LogP contribution in [0.15, 0.2) is 67.0 Å². The Morgan fingerprint density at radius 3 is 2.38 bits per heavy atom. The van der Waals surface area contributed by atoms with Gasteiger partial charge in [0.25, 0.3) is 5.91 Å². The molecule has 0 fully saturated rings. The van der Waals surface area contributed by atoms with Crippen LogP contribution in [0, 0.1) is 0 Å². The predicted octanol–water partition coefficient (Wildman–Crippen LogP) is 3.48. The van der Waals surface area contributed by atoms with Gasteiger partial charge in [0.2, 0.25) is 6.79 Å². The molecule has 0 atom stereocenters. The van der Waals surface area contributed by atoms with Crippen molar-refractivity contribution in [3.05, 3.63) is 72.6 Å². The van der Waals surface area contributed by atoms with Gasteiger partial charge in [-0.15, -0.1) is 0 Å². The molecule has 2 aromatic carbocycles. The summed E-state index contributed by atoms with van der Waals surface area (Å²) >= 11 is 0. The molecule has 1 aliphatic heterocycles. The molecule has 120 valence electrons. The first kappa shape index (κ1) is 14.4. The second kappa shape index (κ2) is 5.77. The Morgan fingerprint density at radius 1 is 1.00 bits per heavy atom. The molecule has 0 bridgehead atoms. The Kier molecular flexibility index (Phi) is 3.46. The lowest BCUT2D eigenvalue weighted by molar-refractivity contribution is 0.0992. The first-order chi connectivity index (χ1) is 11.7. The van der Waals surface area contributed by atoms with Gasteiger partial charge >= 0.3 is 0 Å². The van der Waals surface area contributed by atoms with Gasteiger partial charge in [-0.25, -0.2) is 0 Å². The molecule has 0 unspecified atom stereocenters. The van der Waals surface area contributed by atoms with Gasteiger partial charge in [0.05, 0.1) is 11.3 Å². The summed E-state index contributed by atoms with van der Waals surface area (Å²) in [5.74, 6) is 1.14. The van der Waals surface area contributed by atoms with Crippen LogP contribution in [-0.4, -0.2) is 24.3 Å². The largest absolute Gasteiger partial charge is 0.454 e. The summed E-state index contributed by atoms with van der Waals surface area (Å²) in [4.78, 5) is 14.7. The highest BCUT2D eigenvalue weighted by molar-refractivity contribution is 6.08. The van der Waals surface area contributed by atoms with Crippen LogP contribution in [0.4, 0.5) is 5.69 Å². The third-order valence-electron chi connectivity index (χ3n) is 4.05. The van der Waals surface area contributed by atoms with Crippen molar-refractivity contribution in [2.45, 2.75) is 0 Å². The molecular weight excluding hydrogens is 304 g/mol. The minimum absolute atomic E-state index is 0.108. The van der Waals surface area contributed by atoms with Crippen LogP contribution in [-0.2, 0) is 0 Å². The van der Waals surface area contributed by atoms with Gasteiger partial charge in [-0.1, -0.05) is 18.2 Å². The van der Waals surface area contributed by atoms with Crippen LogP contribution in [0.1, 0.15) is 10.4 Å². The Bertz CT molecular complexity index is 873. The molecule has 5 heteroatoms. The second-order valence-corrected chi connectivity index (χ2v) is 5.51. The van der Waals surface area contributed by atoms with Crippen LogP contribution in [0.2, 0.25) is 0 Å². The van der Waals surface area contributed by atoms with Gasteiger partial charge in [-0.3, -0.25) is 4.79 Å². The molecule has 1 amide bonds. The third kappa shape index (κ3) is 2.40. The molecule has 1 aromatic heterocycles. The predicted molar refractivity (Wildman–Crippen MR) is 91.1 cm³/mol. The van der Waals surface area contributed by atoms with E-state index in [2.05, 4.69) is 0 Å². The van der Waals surface area contributed by atoms with E-state index < -0.39 is 0 Å². The number of fused-ring (bicyclic) bond motifs is 1. The normalized spacial score (nSPS) is 12.2. The molecule has 0 N–H and O–H groups in total. The first-order valence-corrected chi connectivity index (χ1v) is 7.64. The van der Waals surface area contributed by atoms with E-state index in [1.165, 1.54) is 0 Å². The fourth-order valence-corrected chi connectivity index (χ4v) is 2.76. The number of hydrogen-bond acceptors (Lipinski definition) is 3. The van der Waals surface area contributed by atoms with Crippen LogP contribution in [0.25, 0.3) is 5.69 Å². The van der Waals surface area contributed by atoms with E-state index in [1.807, 2.05) is 65.5 Å². The summed E-state index contributed by atoms with van der Waals surface area (Å²) in [5, 5.41) is 0. The van der Waals surface area contributed by atoms with Gasteiger partial charge in [0.15, 0.2) is 11.5 Å². The summed E-state index contributed by atoms with van der Waals surface area (Å²) in [7, 11) is 1.77. The Morgan fingerprint density at radius 2 is 1.67 bits per heavy atom. The van der Waals surface area contributed by atoms with Gasteiger partial charge < -0.3 is 18.9 Å². The number of para-hydroxylation sites is 1. The lowest BCUT2D eigenvalue weighted by atomic mass is 10.1.